The molecular weight excluding hydrogens is 219 g/mol. The van der Waals surface area contributed by atoms with Crippen molar-refractivity contribution in [2.75, 3.05) is 0 Å². The van der Waals surface area contributed by atoms with Crippen molar-refractivity contribution in [3.8, 4) is 5.75 Å². The molecule has 0 aliphatic heterocycles. The van der Waals surface area contributed by atoms with Crippen molar-refractivity contribution in [3.63, 3.8) is 0 Å². The second-order valence-electron chi connectivity index (χ2n) is 3.56. The Morgan fingerprint density at radius 3 is 2.88 bits per heavy atom. The Bertz CT molecular complexity index is 502. The van der Waals surface area contributed by atoms with Crippen LogP contribution in [-0.4, -0.2) is 4.98 Å². The Morgan fingerprint density at radius 2 is 2.12 bits per heavy atom. The average Bonchev–Trinajstić information content (AvgIpc) is 2.37. The average molecular weight is 232 g/mol. The molecule has 3 nitrogen and oxygen atoms in total. The molecule has 0 spiro atoms. The monoisotopic (exact) mass is 232 g/mol. The number of nitrogens with zero attached hydrogens (tertiary/aromatic N) is 1. The molecule has 2 rings (SSSR count). The Labute approximate surface area is 99.1 Å². The molecule has 0 saturated heterocycles. The maximum atomic E-state index is 12.9. The van der Waals surface area contributed by atoms with E-state index in [0.717, 1.165) is 11.3 Å². The van der Waals surface area contributed by atoms with E-state index in [2.05, 4.69) is 4.98 Å². The third-order valence-electron chi connectivity index (χ3n) is 2.38. The molecule has 0 aliphatic carbocycles. The minimum absolute atomic E-state index is 0.289. The number of benzene rings is 1. The number of aromatic nitrogens is 1. The molecule has 0 atom stereocenters. The molecule has 4 heteroatoms. The van der Waals surface area contributed by atoms with Gasteiger partial charge in [-0.05, 0) is 23.8 Å². The highest BCUT2D eigenvalue weighted by atomic mass is 19.1. The van der Waals surface area contributed by atoms with Crippen LogP contribution in [0.1, 0.15) is 11.3 Å². The summed E-state index contributed by atoms with van der Waals surface area (Å²) in [5.41, 5.74) is 7.30. The number of hydrogen-bond acceptors (Lipinski definition) is 3. The minimum Gasteiger partial charge on any atom is -0.487 e. The van der Waals surface area contributed by atoms with E-state index in [1.54, 1.807) is 18.3 Å². The maximum Gasteiger partial charge on any atom is 0.131 e. The summed E-state index contributed by atoms with van der Waals surface area (Å²) in [6.07, 6.45) is 1.68. The minimum atomic E-state index is -0.317. The number of halogens is 1. The fourth-order valence-corrected chi connectivity index (χ4v) is 1.50. The van der Waals surface area contributed by atoms with Crippen LogP contribution >= 0.6 is 0 Å². The Kier molecular flexibility index (Phi) is 3.67. The van der Waals surface area contributed by atoms with Crippen LogP contribution in [0.15, 0.2) is 42.6 Å². The van der Waals surface area contributed by atoms with E-state index in [9.17, 15) is 4.39 Å². The summed E-state index contributed by atoms with van der Waals surface area (Å²) in [4.78, 5) is 4.19. The molecule has 1 aromatic carbocycles. The Balaban J connectivity index is 2.07. The summed E-state index contributed by atoms with van der Waals surface area (Å²) in [6.45, 7) is 0.701. The normalized spacial score (nSPS) is 10.2. The first-order valence-electron chi connectivity index (χ1n) is 5.31. The van der Waals surface area contributed by atoms with Gasteiger partial charge in [0.2, 0.25) is 0 Å². The van der Waals surface area contributed by atoms with Crippen LogP contribution in [-0.2, 0) is 13.2 Å². The van der Waals surface area contributed by atoms with Crippen LogP contribution in [0.2, 0.25) is 0 Å². The van der Waals surface area contributed by atoms with Gasteiger partial charge in [-0.25, -0.2) is 4.39 Å². The van der Waals surface area contributed by atoms with Gasteiger partial charge >= 0.3 is 0 Å². The first-order valence-corrected chi connectivity index (χ1v) is 5.31. The molecule has 0 saturated carbocycles. The highest BCUT2D eigenvalue weighted by molar-refractivity contribution is 5.24. The summed E-state index contributed by atoms with van der Waals surface area (Å²) in [5, 5.41) is 0. The highest BCUT2D eigenvalue weighted by Crippen LogP contribution is 2.14. The topological polar surface area (TPSA) is 48.1 Å². The zero-order chi connectivity index (χ0) is 12.1. The van der Waals surface area contributed by atoms with Crippen molar-refractivity contribution in [1.29, 1.82) is 0 Å². The highest BCUT2D eigenvalue weighted by Gasteiger charge is 2.03. The molecule has 2 aromatic rings. The van der Waals surface area contributed by atoms with Crippen molar-refractivity contribution in [2.24, 2.45) is 5.73 Å². The smallest absolute Gasteiger partial charge is 0.131 e. The first kappa shape index (κ1) is 11.5. The van der Waals surface area contributed by atoms with E-state index in [0.29, 0.717) is 12.3 Å². The first-order chi connectivity index (χ1) is 8.29. The summed E-state index contributed by atoms with van der Waals surface area (Å²) >= 11 is 0. The number of nitrogens with two attached hydrogens (primary N) is 1. The van der Waals surface area contributed by atoms with Gasteiger partial charge in [-0.3, -0.25) is 4.98 Å². The van der Waals surface area contributed by atoms with Crippen molar-refractivity contribution in [3.05, 3.63) is 59.7 Å². The third-order valence-corrected chi connectivity index (χ3v) is 2.38. The fraction of sp³-hybridized carbons (Fsp3) is 0.154. The van der Waals surface area contributed by atoms with Crippen molar-refractivity contribution in [1.82, 2.24) is 4.98 Å². The van der Waals surface area contributed by atoms with Gasteiger partial charge in [-0.1, -0.05) is 12.1 Å². The second-order valence-corrected chi connectivity index (χ2v) is 3.56. The van der Waals surface area contributed by atoms with Crippen molar-refractivity contribution < 1.29 is 9.13 Å². The standard InChI is InChI=1S/C13H13FN2O/c14-11-4-1-5-12(7-11)17-9-13-10(8-15)3-2-6-16-13/h1-7H,8-9,15H2. The zero-order valence-corrected chi connectivity index (χ0v) is 9.27. The van der Waals surface area contributed by atoms with Gasteiger partial charge in [-0.15, -0.1) is 0 Å². The van der Waals surface area contributed by atoms with E-state index >= 15 is 0 Å². The summed E-state index contributed by atoms with van der Waals surface area (Å²) in [6, 6.07) is 9.75. The molecule has 0 aliphatic rings. The lowest BCUT2D eigenvalue weighted by atomic mass is 10.2. The van der Waals surface area contributed by atoms with E-state index in [1.807, 2.05) is 12.1 Å². The predicted octanol–water partition coefficient (Wildman–Crippen LogP) is 2.26. The third kappa shape index (κ3) is 3.01. The summed E-state index contributed by atoms with van der Waals surface area (Å²) in [7, 11) is 0. The number of rotatable bonds is 4. The fourth-order valence-electron chi connectivity index (χ4n) is 1.50. The van der Waals surface area contributed by atoms with Crippen LogP contribution in [0, 0.1) is 5.82 Å². The lowest BCUT2D eigenvalue weighted by Crippen LogP contribution is -2.06. The van der Waals surface area contributed by atoms with Gasteiger partial charge in [0.15, 0.2) is 0 Å². The second kappa shape index (κ2) is 5.41. The van der Waals surface area contributed by atoms with Crippen molar-refractivity contribution >= 4 is 0 Å². The predicted molar refractivity (Wildman–Crippen MR) is 62.9 cm³/mol. The number of pyridine rings is 1. The lowest BCUT2D eigenvalue weighted by molar-refractivity contribution is 0.298. The summed E-state index contributed by atoms with van der Waals surface area (Å²) in [5.74, 6) is 0.168. The molecule has 0 unspecified atom stereocenters. The van der Waals surface area contributed by atoms with Crippen LogP contribution < -0.4 is 10.5 Å². The van der Waals surface area contributed by atoms with E-state index in [4.69, 9.17) is 10.5 Å². The number of hydrogen-bond donors (Lipinski definition) is 1. The molecule has 1 heterocycles. The van der Waals surface area contributed by atoms with Crippen LogP contribution in [0.25, 0.3) is 0 Å². The van der Waals surface area contributed by atoms with Crippen LogP contribution in [0.3, 0.4) is 0 Å². The molecular formula is C13H13FN2O. The van der Waals surface area contributed by atoms with Gasteiger partial charge < -0.3 is 10.5 Å². The molecule has 0 fully saturated rings. The Hall–Kier alpha value is -1.94. The molecule has 0 radical (unpaired) electrons. The lowest BCUT2D eigenvalue weighted by Gasteiger charge is -2.08. The number of ether oxygens (including phenoxy) is 1. The van der Waals surface area contributed by atoms with Crippen LogP contribution in [0.5, 0.6) is 5.75 Å². The van der Waals surface area contributed by atoms with E-state index < -0.39 is 0 Å². The molecule has 2 N–H and O–H groups in total. The van der Waals surface area contributed by atoms with Crippen LogP contribution in [0.4, 0.5) is 4.39 Å². The molecule has 88 valence electrons. The maximum absolute atomic E-state index is 12.9. The molecule has 17 heavy (non-hydrogen) atoms. The van der Waals surface area contributed by atoms with Gasteiger partial charge in [-0.2, -0.15) is 0 Å². The SMILES string of the molecule is NCc1cccnc1COc1cccc(F)c1. The van der Waals surface area contributed by atoms with Gasteiger partial charge in [0.1, 0.15) is 18.2 Å². The zero-order valence-electron chi connectivity index (χ0n) is 9.27. The van der Waals surface area contributed by atoms with E-state index in [-0.39, 0.29) is 12.4 Å². The largest absolute Gasteiger partial charge is 0.487 e. The van der Waals surface area contributed by atoms with Crippen molar-refractivity contribution in [2.45, 2.75) is 13.2 Å². The Morgan fingerprint density at radius 1 is 1.24 bits per heavy atom. The molecule has 0 amide bonds. The van der Waals surface area contributed by atoms with Gasteiger partial charge in [0, 0.05) is 18.8 Å². The quantitative estimate of drug-likeness (QED) is 0.879. The molecule has 0 bridgehead atoms. The van der Waals surface area contributed by atoms with E-state index in [1.165, 1.54) is 12.1 Å². The van der Waals surface area contributed by atoms with Gasteiger partial charge in [0.05, 0.1) is 5.69 Å². The van der Waals surface area contributed by atoms with Gasteiger partial charge in [0.25, 0.3) is 0 Å². The molecule has 1 aromatic heterocycles. The summed E-state index contributed by atoms with van der Waals surface area (Å²) < 4.78 is 18.4.